The zero-order chi connectivity index (χ0) is 16.4. The zero-order valence-corrected chi connectivity index (χ0v) is 13.9. The van der Waals surface area contributed by atoms with Gasteiger partial charge in [-0.2, -0.15) is 0 Å². The second-order valence-corrected chi connectivity index (χ2v) is 6.82. The molecule has 0 unspecified atom stereocenters. The van der Waals surface area contributed by atoms with Gasteiger partial charge in [-0.1, -0.05) is 17.7 Å². The van der Waals surface area contributed by atoms with Gasteiger partial charge in [-0.3, -0.25) is 4.79 Å². The van der Waals surface area contributed by atoms with Crippen molar-refractivity contribution in [3.8, 4) is 0 Å². The van der Waals surface area contributed by atoms with Crippen molar-refractivity contribution in [3.05, 3.63) is 51.2 Å². The minimum absolute atomic E-state index is 0.105. The van der Waals surface area contributed by atoms with Crippen LogP contribution in [-0.4, -0.2) is 33.5 Å². The first kappa shape index (κ1) is 16.4. The number of hydrogen-bond donors (Lipinski definition) is 1. The molecule has 4 nitrogen and oxygen atoms in total. The maximum absolute atomic E-state index is 13.9. The van der Waals surface area contributed by atoms with Crippen molar-refractivity contribution in [1.82, 2.24) is 9.88 Å². The van der Waals surface area contributed by atoms with Crippen molar-refractivity contribution in [2.45, 2.75) is 31.4 Å². The van der Waals surface area contributed by atoms with Crippen LogP contribution in [0.1, 0.15) is 29.5 Å². The molecule has 7 heteroatoms. The molecule has 1 aliphatic heterocycles. The van der Waals surface area contributed by atoms with Gasteiger partial charge >= 0.3 is 0 Å². The Morgan fingerprint density at radius 1 is 1.57 bits per heavy atom. The fourth-order valence-electron chi connectivity index (χ4n) is 2.93. The summed E-state index contributed by atoms with van der Waals surface area (Å²) in [5, 5.41) is 13.1. The molecule has 3 rings (SSSR count). The summed E-state index contributed by atoms with van der Waals surface area (Å²) in [6.07, 6.45) is 2.23. The lowest BCUT2D eigenvalue weighted by Crippen LogP contribution is -2.40. The number of benzene rings is 1. The SMILES string of the molecule is O=C(Cc1c(F)cccc1Cl)N1CCC[C@H]1[C@H](O)c1nccs1. The van der Waals surface area contributed by atoms with Gasteiger partial charge in [-0.05, 0) is 25.0 Å². The van der Waals surface area contributed by atoms with Crippen LogP contribution in [0.25, 0.3) is 0 Å². The Balaban J connectivity index is 1.76. The van der Waals surface area contributed by atoms with E-state index in [1.807, 2.05) is 0 Å². The minimum Gasteiger partial charge on any atom is -0.384 e. The Morgan fingerprint density at radius 3 is 3.09 bits per heavy atom. The maximum atomic E-state index is 13.9. The fourth-order valence-corrected chi connectivity index (χ4v) is 3.84. The van der Waals surface area contributed by atoms with E-state index >= 15 is 0 Å². The zero-order valence-electron chi connectivity index (χ0n) is 12.3. The van der Waals surface area contributed by atoms with Crippen LogP contribution in [0.3, 0.4) is 0 Å². The second-order valence-electron chi connectivity index (χ2n) is 5.49. The number of carbonyl (C=O) groups excluding carboxylic acids is 1. The number of thiazole rings is 1. The number of hydrogen-bond acceptors (Lipinski definition) is 4. The smallest absolute Gasteiger partial charge is 0.227 e. The molecule has 1 fully saturated rings. The van der Waals surface area contributed by atoms with E-state index in [1.54, 1.807) is 22.5 Å². The van der Waals surface area contributed by atoms with E-state index in [0.717, 1.165) is 6.42 Å². The summed E-state index contributed by atoms with van der Waals surface area (Å²) in [6.45, 7) is 0.554. The second kappa shape index (κ2) is 6.95. The highest BCUT2D eigenvalue weighted by molar-refractivity contribution is 7.09. The Morgan fingerprint density at radius 2 is 2.39 bits per heavy atom. The summed E-state index contributed by atoms with van der Waals surface area (Å²) in [7, 11) is 0. The Bertz CT molecular complexity index is 675. The molecule has 1 amide bonds. The number of rotatable bonds is 4. The molecule has 23 heavy (non-hydrogen) atoms. The van der Waals surface area contributed by atoms with Crippen molar-refractivity contribution in [2.75, 3.05) is 6.54 Å². The fraction of sp³-hybridized carbons (Fsp3) is 0.375. The number of likely N-dealkylation sites (tertiary alicyclic amines) is 1. The van der Waals surface area contributed by atoms with Crippen molar-refractivity contribution >= 4 is 28.8 Å². The van der Waals surface area contributed by atoms with Crippen LogP contribution >= 0.6 is 22.9 Å². The first-order chi connectivity index (χ1) is 11.1. The summed E-state index contributed by atoms with van der Waals surface area (Å²) in [4.78, 5) is 18.3. The number of carbonyl (C=O) groups is 1. The van der Waals surface area contributed by atoms with E-state index in [9.17, 15) is 14.3 Å². The molecule has 0 saturated carbocycles. The van der Waals surface area contributed by atoms with Gasteiger partial charge < -0.3 is 10.0 Å². The molecule has 122 valence electrons. The number of aliphatic hydroxyl groups excluding tert-OH is 1. The molecule has 1 N–H and O–H groups in total. The van der Waals surface area contributed by atoms with Gasteiger partial charge in [-0.25, -0.2) is 9.37 Å². The molecule has 2 aromatic rings. The Hall–Kier alpha value is -1.50. The molecule has 1 aromatic carbocycles. The molecular weight excluding hydrogens is 339 g/mol. The number of aliphatic hydroxyl groups is 1. The molecule has 1 aromatic heterocycles. The minimum atomic E-state index is -0.808. The number of halogens is 2. The van der Waals surface area contributed by atoms with Gasteiger partial charge in [0.2, 0.25) is 5.91 Å². The first-order valence-electron chi connectivity index (χ1n) is 7.37. The van der Waals surface area contributed by atoms with Gasteiger partial charge in [0, 0.05) is 28.7 Å². The Labute approximate surface area is 142 Å². The summed E-state index contributed by atoms with van der Waals surface area (Å²) < 4.78 is 13.9. The monoisotopic (exact) mass is 354 g/mol. The Kier molecular flexibility index (Phi) is 4.94. The van der Waals surface area contributed by atoms with Gasteiger partial charge in [0.15, 0.2) is 0 Å². The molecule has 0 spiro atoms. The predicted molar refractivity (Wildman–Crippen MR) is 86.9 cm³/mol. The average molecular weight is 355 g/mol. The quantitative estimate of drug-likeness (QED) is 0.917. The van der Waals surface area contributed by atoms with E-state index in [1.165, 1.54) is 23.5 Å². The van der Waals surface area contributed by atoms with Crippen LogP contribution in [0.4, 0.5) is 4.39 Å². The first-order valence-corrected chi connectivity index (χ1v) is 8.63. The maximum Gasteiger partial charge on any atom is 0.227 e. The molecule has 2 heterocycles. The van der Waals surface area contributed by atoms with Crippen LogP contribution < -0.4 is 0 Å². The third-order valence-electron chi connectivity index (χ3n) is 4.08. The molecule has 1 aliphatic rings. The topological polar surface area (TPSA) is 53.4 Å². The van der Waals surface area contributed by atoms with Crippen LogP contribution in [-0.2, 0) is 11.2 Å². The molecule has 2 atom stereocenters. The van der Waals surface area contributed by atoms with Crippen LogP contribution in [0.15, 0.2) is 29.8 Å². The highest BCUT2D eigenvalue weighted by Gasteiger charge is 2.35. The molecule has 1 saturated heterocycles. The highest BCUT2D eigenvalue weighted by atomic mass is 35.5. The van der Waals surface area contributed by atoms with Gasteiger partial charge in [0.25, 0.3) is 0 Å². The molecular formula is C16H16ClFN2O2S. The van der Waals surface area contributed by atoms with Crippen molar-refractivity contribution < 1.29 is 14.3 Å². The molecule has 0 bridgehead atoms. The summed E-state index contributed by atoms with van der Waals surface area (Å²) in [6, 6.07) is 4.05. The summed E-state index contributed by atoms with van der Waals surface area (Å²) >= 11 is 7.35. The van der Waals surface area contributed by atoms with E-state index in [4.69, 9.17) is 11.6 Å². The standard InChI is InChI=1S/C16H16ClFN2O2S/c17-11-3-1-4-12(18)10(11)9-14(21)20-7-2-5-13(20)15(22)16-19-6-8-23-16/h1,3-4,6,8,13,15,22H,2,5,7,9H2/t13-,15-/m0/s1. The predicted octanol–water partition coefficient (Wildman–Crippen LogP) is 3.20. The summed E-state index contributed by atoms with van der Waals surface area (Å²) in [5.74, 6) is -0.711. The van der Waals surface area contributed by atoms with Gasteiger partial charge in [-0.15, -0.1) is 11.3 Å². The van der Waals surface area contributed by atoms with Crippen molar-refractivity contribution in [2.24, 2.45) is 0 Å². The van der Waals surface area contributed by atoms with Crippen molar-refractivity contribution in [3.63, 3.8) is 0 Å². The van der Waals surface area contributed by atoms with E-state index in [2.05, 4.69) is 4.98 Å². The van der Waals surface area contributed by atoms with Crippen LogP contribution in [0, 0.1) is 5.82 Å². The van der Waals surface area contributed by atoms with Crippen LogP contribution in [0.2, 0.25) is 5.02 Å². The lowest BCUT2D eigenvalue weighted by atomic mass is 10.1. The largest absolute Gasteiger partial charge is 0.384 e. The lowest BCUT2D eigenvalue weighted by molar-refractivity contribution is -0.133. The third kappa shape index (κ3) is 3.39. The van der Waals surface area contributed by atoms with Gasteiger partial charge in [0.05, 0.1) is 12.5 Å². The van der Waals surface area contributed by atoms with Crippen LogP contribution in [0.5, 0.6) is 0 Å². The highest BCUT2D eigenvalue weighted by Crippen LogP contribution is 2.31. The average Bonchev–Trinajstić information content (AvgIpc) is 3.20. The summed E-state index contributed by atoms with van der Waals surface area (Å²) in [5.41, 5.74) is 0.202. The normalized spacial score (nSPS) is 19.1. The molecule has 0 aliphatic carbocycles. The number of amides is 1. The lowest BCUT2D eigenvalue weighted by Gasteiger charge is -2.28. The number of aromatic nitrogens is 1. The van der Waals surface area contributed by atoms with E-state index in [-0.39, 0.29) is 29.0 Å². The van der Waals surface area contributed by atoms with E-state index < -0.39 is 11.9 Å². The molecule has 0 radical (unpaired) electrons. The van der Waals surface area contributed by atoms with E-state index in [0.29, 0.717) is 18.0 Å². The van der Waals surface area contributed by atoms with Crippen molar-refractivity contribution in [1.29, 1.82) is 0 Å². The van der Waals surface area contributed by atoms with Gasteiger partial charge in [0.1, 0.15) is 16.9 Å². The number of nitrogens with zero attached hydrogens (tertiary/aromatic N) is 2. The third-order valence-corrected chi connectivity index (χ3v) is 5.28.